The van der Waals surface area contributed by atoms with E-state index in [0.29, 0.717) is 19.2 Å². The summed E-state index contributed by atoms with van der Waals surface area (Å²) in [5, 5.41) is 16.5. The van der Waals surface area contributed by atoms with E-state index < -0.39 is 16.8 Å². The number of hydrogen-bond acceptors (Lipinski definition) is 8. The van der Waals surface area contributed by atoms with E-state index in [2.05, 4.69) is 20.6 Å². The number of ether oxygens (including phenoxy) is 1. The summed E-state index contributed by atoms with van der Waals surface area (Å²) >= 11 is 0. The Morgan fingerprint density at radius 1 is 1.25 bits per heavy atom. The van der Waals surface area contributed by atoms with Gasteiger partial charge in [0, 0.05) is 19.2 Å². The van der Waals surface area contributed by atoms with Crippen LogP contribution in [0.15, 0.2) is 24.3 Å². The molecule has 0 atom stereocenters. The average Bonchev–Trinajstić information content (AvgIpc) is 2.60. The van der Waals surface area contributed by atoms with E-state index in [-0.39, 0.29) is 28.9 Å². The van der Waals surface area contributed by atoms with E-state index in [1.54, 1.807) is 0 Å². The van der Waals surface area contributed by atoms with Gasteiger partial charge in [0.05, 0.1) is 18.1 Å². The molecule has 0 saturated carbocycles. The number of likely N-dealkylation sites (N-methyl/N-ethyl adjacent to an activating group) is 1. The molecule has 0 fully saturated rings. The minimum atomic E-state index is -4.71. The molecule has 0 amide bonds. The number of alkyl halides is 3. The van der Waals surface area contributed by atoms with Gasteiger partial charge in [-0.15, -0.1) is 0 Å². The number of halogens is 3. The van der Waals surface area contributed by atoms with Gasteiger partial charge in [-0.05, 0) is 26.2 Å². The van der Waals surface area contributed by atoms with Crippen LogP contribution in [0, 0.1) is 10.1 Å². The zero-order valence-corrected chi connectivity index (χ0v) is 15.4. The van der Waals surface area contributed by atoms with E-state index in [1.165, 1.54) is 19.2 Å². The van der Waals surface area contributed by atoms with Crippen LogP contribution in [0.3, 0.4) is 0 Å². The van der Waals surface area contributed by atoms with Crippen molar-refractivity contribution < 1.29 is 22.8 Å². The number of benzene rings is 1. The van der Waals surface area contributed by atoms with Crippen LogP contribution in [-0.4, -0.2) is 54.1 Å². The summed E-state index contributed by atoms with van der Waals surface area (Å²) in [6.45, 7) is 0.864. The lowest BCUT2D eigenvalue weighted by molar-refractivity contribution is -0.384. The summed E-state index contributed by atoms with van der Waals surface area (Å²) in [5.41, 5.74) is -1.57. The lowest BCUT2D eigenvalue weighted by atomic mass is 10.2. The van der Waals surface area contributed by atoms with Gasteiger partial charge in [-0.1, -0.05) is 0 Å². The van der Waals surface area contributed by atoms with Crippen molar-refractivity contribution in [3.05, 3.63) is 40.1 Å². The summed E-state index contributed by atoms with van der Waals surface area (Å²) in [4.78, 5) is 19.9. The third-order valence-corrected chi connectivity index (χ3v) is 3.52. The minimum absolute atomic E-state index is 0.0307. The Morgan fingerprint density at radius 3 is 2.54 bits per heavy atom. The molecule has 1 heterocycles. The SMILES string of the molecule is COc1ccc(Nc2cc(C(F)(F)F)nc(NCCN(C)C)n2)c([N+](=O)[O-])c1. The molecule has 1 aromatic heterocycles. The van der Waals surface area contributed by atoms with E-state index in [9.17, 15) is 23.3 Å². The maximum Gasteiger partial charge on any atom is 0.433 e. The number of rotatable bonds is 8. The van der Waals surface area contributed by atoms with Crippen molar-refractivity contribution in [2.75, 3.05) is 44.9 Å². The number of aromatic nitrogens is 2. The highest BCUT2D eigenvalue weighted by molar-refractivity contribution is 5.70. The van der Waals surface area contributed by atoms with Crippen molar-refractivity contribution in [3.8, 4) is 5.75 Å². The zero-order chi connectivity index (χ0) is 20.9. The quantitative estimate of drug-likeness (QED) is 0.514. The fourth-order valence-corrected chi connectivity index (χ4v) is 2.16. The summed E-state index contributed by atoms with van der Waals surface area (Å²) in [6.07, 6.45) is -4.71. The molecule has 2 aromatic rings. The van der Waals surface area contributed by atoms with Gasteiger partial charge >= 0.3 is 6.18 Å². The summed E-state index contributed by atoms with van der Waals surface area (Å²) in [5.74, 6) is -0.236. The normalized spacial score (nSPS) is 11.4. The Kier molecular flexibility index (Phi) is 6.57. The second-order valence-electron chi connectivity index (χ2n) is 5.96. The van der Waals surface area contributed by atoms with Crippen LogP contribution < -0.4 is 15.4 Å². The Balaban J connectivity index is 2.37. The van der Waals surface area contributed by atoms with Gasteiger partial charge in [0.1, 0.15) is 17.3 Å². The molecule has 9 nitrogen and oxygen atoms in total. The number of nitrogens with zero attached hydrogens (tertiary/aromatic N) is 4. The number of anilines is 3. The van der Waals surface area contributed by atoms with Gasteiger partial charge in [0.25, 0.3) is 5.69 Å². The summed E-state index contributed by atoms with van der Waals surface area (Å²) < 4.78 is 44.4. The molecular formula is C16H19F3N6O3. The van der Waals surface area contributed by atoms with Gasteiger partial charge in [-0.3, -0.25) is 10.1 Å². The molecule has 0 aliphatic rings. The highest BCUT2D eigenvalue weighted by Gasteiger charge is 2.34. The molecule has 0 bridgehead atoms. The van der Waals surface area contributed by atoms with Crippen LogP contribution in [0.1, 0.15) is 5.69 Å². The van der Waals surface area contributed by atoms with Crippen LogP contribution in [0.25, 0.3) is 0 Å². The van der Waals surface area contributed by atoms with Crippen molar-refractivity contribution in [3.63, 3.8) is 0 Å². The van der Waals surface area contributed by atoms with Crippen molar-refractivity contribution in [2.24, 2.45) is 0 Å². The Labute approximate surface area is 158 Å². The predicted molar refractivity (Wildman–Crippen MR) is 97.0 cm³/mol. The molecule has 1 aromatic carbocycles. The Bertz CT molecular complexity index is 845. The molecular weight excluding hydrogens is 381 g/mol. The molecule has 12 heteroatoms. The van der Waals surface area contributed by atoms with Crippen LogP contribution in [0.4, 0.5) is 36.3 Å². The van der Waals surface area contributed by atoms with Gasteiger partial charge in [-0.2, -0.15) is 18.2 Å². The van der Waals surface area contributed by atoms with Crippen molar-refractivity contribution in [2.45, 2.75) is 6.18 Å². The number of hydrogen-bond donors (Lipinski definition) is 2. The highest BCUT2D eigenvalue weighted by atomic mass is 19.4. The second-order valence-corrected chi connectivity index (χ2v) is 5.96. The molecule has 0 spiro atoms. The zero-order valence-electron chi connectivity index (χ0n) is 15.4. The fraction of sp³-hybridized carbons (Fsp3) is 0.375. The molecule has 0 aliphatic heterocycles. The third kappa shape index (κ3) is 5.67. The second kappa shape index (κ2) is 8.69. The maximum atomic E-state index is 13.2. The van der Waals surface area contributed by atoms with E-state index in [4.69, 9.17) is 4.74 Å². The number of nitro groups is 1. The molecule has 0 unspecified atom stereocenters. The topological polar surface area (TPSA) is 105 Å². The first kappa shape index (κ1) is 21.2. The number of methoxy groups -OCH3 is 1. The van der Waals surface area contributed by atoms with Crippen LogP contribution in [0.5, 0.6) is 5.75 Å². The van der Waals surface area contributed by atoms with Gasteiger partial charge in [-0.25, -0.2) is 4.98 Å². The van der Waals surface area contributed by atoms with Crippen molar-refractivity contribution in [1.82, 2.24) is 14.9 Å². The van der Waals surface area contributed by atoms with E-state index in [1.807, 2.05) is 19.0 Å². The summed E-state index contributed by atoms with van der Waals surface area (Å²) in [6, 6.07) is 4.61. The van der Waals surface area contributed by atoms with Crippen LogP contribution in [0.2, 0.25) is 0 Å². The first-order valence-corrected chi connectivity index (χ1v) is 8.04. The highest BCUT2D eigenvalue weighted by Crippen LogP contribution is 2.33. The standard InChI is InChI=1S/C16H19F3N6O3/c1-24(2)7-6-20-15-22-13(16(17,18)19)9-14(23-15)21-11-5-4-10(28-3)8-12(11)25(26)27/h4-5,8-9H,6-7H2,1-3H3,(H2,20,21,22,23). The van der Waals surface area contributed by atoms with Crippen LogP contribution in [-0.2, 0) is 6.18 Å². The monoisotopic (exact) mass is 400 g/mol. The smallest absolute Gasteiger partial charge is 0.433 e. The fourth-order valence-electron chi connectivity index (χ4n) is 2.16. The largest absolute Gasteiger partial charge is 0.496 e. The molecule has 0 aliphatic carbocycles. The molecule has 28 heavy (non-hydrogen) atoms. The molecule has 0 saturated heterocycles. The van der Waals surface area contributed by atoms with E-state index >= 15 is 0 Å². The molecule has 2 rings (SSSR count). The van der Waals surface area contributed by atoms with Crippen molar-refractivity contribution in [1.29, 1.82) is 0 Å². The Hall–Kier alpha value is -3.15. The minimum Gasteiger partial charge on any atom is -0.496 e. The number of nitrogens with one attached hydrogen (secondary N) is 2. The van der Waals surface area contributed by atoms with Crippen LogP contribution >= 0.6 is 0 Å². The molecule has 2 N–H and O–H groups in total. The molecule has 0 radical (unpaired) electrons. The maximum absolute atomic E-state index is 13.2. The van der Waals surface area contributed by atoms with Gasteiger partial charge in [0.2, 0.25) is 5.95 Å². The summed E-state index contributed by atoms with van der Waals surface area (Å²) in [7, 11) is 4.97. The molecule has 152 valence electrons. The average molecular weight is 400 g/mol. The lowest BCUT2D eigenvalue weighted by Gasteiger charge is -2.14. The van der Waals surface area contributed by atoms with E-state index in [0.717, 1.165) is 6.07 Å². The van der Waals surface area contributed by atoms with Crippen molar-refractivity contribution >= 4 is 23.1 Å². The van der Waals surface area contributed by atoms with Gasteiger partial charge in [0.15, 0.2) is 5.69 Å². The predicted octanol–water partition coefficient (Wildman–Crippen LogP) is 3.13. The first-order chi connectivity index (χ1) is 13.1. The third-order valence-electron chi connectivity index (χ3n) is 3.52. The lowest BCUT2D eigenvalue weighted by Crippen LogP contribution is -2.22. The van der Waals surface area contributed by atoms with Gasteiger partial charge < -0.3 is 20.3 Å². The number of nitro benzene ring substituents is 1. The first-order valence-electron chi connectivity index (χ1n) is 8.04. The Morgan fingerprint density at radius 2 is 1.96 bits per heavy atom.